The molecule has 1 aromatic carbocycles. The van der Waals surface area contributed by atoms with Crippen LogP contribution < -0.4 is 0 Å². The third kappa shape index (κ3) is 4.10. The van der Waals surface area contributed by atoms with Gasteiger partial charge in [-0.3, -0.25) is 14.5 Å². The predicted octanol–water partition coefficient (Wildman–Crippen LogP) is 1.79. The number of esters is 1. The first-order valence-electron chi connectivity index (χ1n) is 7.01. The molecule has 9 heteroatoms. The number of carbonyl (C=O) groups excluding carboxylic acids is 3. The molecule has 0 saturated heterocycles. The Labute approximate surface area is 135 Å². The van der Waals surface area contributed by atoms with Crippen LogP contribution in [-0.4, -0.2) is 54.7 Å². The van der Waals surface area contributed by atoms with Gasteiger partial charge in [-0.25, -0.2) is 4.79 Å². The van der Waals surface area contributed by atoms with E-state index in [1.807, 2.05) is 0 Å². The molecule has 0 aromatic heterocycles. The van der Waals surface area contributed by atoms with Gasteiger partial charge in [0.2, 0.25) is 0 Å². The van der Waals surface area contributed by atoms with Crippen molar-refractivity contribution in [3.8, 4) is 0 Å². The van der Waals surface area contributed by atoms with Crippen molar-refractivity contribution in [2.75, 3.05) is 19.8 Å². The normalized spacial score (nSPS) is 15.4. The van der Waals surface area contributed by atoms with E-state index in [0.29, 0.717) is 0 Å². The Kier molecular flexibility index (Phi) is 5.23. The molecule has 130 valence electrons. The average Bonchev–Trinajstić information content (AvgIpc) is 2.77. The van der Waals surface area contributed by atoms with E-state index in [-0.39, 0.29) is 24.3 Å². The standard InChI is InChI=1S/C15H14F3NO5/c1-9(24-8-15(16,17)18)14(22)23-7-6-19-12(20)10-4-2-3-5-11(10)13(19)21/h2-5,9H,6-8H2,1H3. The van der Waals surface area contributed by atoms with Crippen molar-refractivity contribution in [1.82, 2.24) is 4.90 Å². The Bertz CT molecular complexity index is 624. The second-order valence-corrected chi connectivity index (χ2v) is 5.04. The van der Waals surface area contributed by atoms with Gasteiger partial charge < -0.3 is 9.47 Å². The molecule has 0 fully saturated rings. The number of fused-ring (bicyclic) bond motifs is 1. The van der Waals surface area contributed by atoms with Gasteiger partial charge in [0, 0.05) is 0 Å². The lowest BCUT2D eigenvalue weighted by molar-refractivity contribution is -0.192. The van der Waals surface area contributed by atoms with Gasteiger partial charge in [-0.05, 0) is 19.1 Å². The summed E-state index contributed by atoms with van der Waals surface area (Å²) in [6.45, 7) is -0.966. The molecule has 0 aliphatic carbocycles. The third-order valence-electron chi connectivity index (χ3n) is 3.27. The second kappa shape index (κ2) is 7.00. The van der Waals surface area contributed by atoms with Gasteiger partial charge in [-0.15, -0.1) is 0 Å². The average molecular weight is 345 g/mol. The van der Waals surface area contributed by atoms with E-state index in [1.54, 1.807) is 12.1 Å². The van der Waals surface area contributed by atoms with Crippen LogP contribution in [0.15, 0.2) is 24.3 Å². The van der Waals surface area contributed by atoms with Gasteiger partial charge in [-0.2, -0.15) is 13.2 Å². The number of halogens is 3. The number of imide groups is 1. The number of amides is 2. The summed E-state index contributed by atoms with van der Waals surface area (Å²) in [5.41, 5.74) is 0.520. The molecule has 0 bridgehead atoms. The number of nitrogens with zero attached hydrogens (tertiary/aromatic N) is 1. The summed E-state index contributed by atoms with van der Waals surface area (Å²) in [7, 11) is 0. The monoisotopic (exact) mass is 345 g/mol. The van der Waals surface area contributed by atoms with Gasteiger partial charge in [0.05, 0.1) is 17.7 Å². The second-order valence-electron chi connectivity index (χ2n) is 5.04. The Morgan fingerprint density at radius 1 is 1.17 bits per heavy atom. The van der Waals surface area contributed by atoms with Crippen LogP contribution in [0.3, 0.4) is 0 Å². The Morgan fingerprint density at radius 3 is 2.21 bits per heavy atom. The van der Waals surface area contributed by atoms with Crippen LogP contribution in [0.2, 0.25) is 0 Å². The first-order chi connectivity index (χ1) is 11.2. The molecule has 6 nitrogen and oxygen atoms in total. The zero-order valence-electron chi connectivity index (χ0n) is 12.6. The van der Waals surface area contributed by atoms with E-state index in [4.69, 9.17) is 4.74 Å². The van der Waals surface area contributed by atoms with Crippen LogP contribution in [0.4, 0.5) is 13.2 Å². The maximum Gasteiger partial charge on any atom is 0.411 e. The summed E-state index contributed by atoms with van der Waals surface area (Å²) in [6, 6.07) is 6.25. The molecule has 0 spiro atoms. The molecule has 0 saturated carbocycles. The van der Waals surface area contributed by atoms with E-state index in [1.165, 1.54) is 12.1 Å². The SMILES string of the molecule is CC(OCC(F)(F)F)C(=O)OCCN1C(=O)c2ccccc2C1=O. The van der Waals surface area contributed by atoms with Crippen LogP contribution >= 0.6 is 0 Å². The first-order valence-corrected chi connectivity index (χ1v) is 7.01. The fraction of sp³-hybridized carbons (Fsp3) is 0.400. The maximum absolute atomic E-state index is 12.0. The maximum atomic E-state index is 12.0. The molecule has 1 aromatic rings. The Balaban J connectivity index is 1.82. The van der Waals surface area contributed by atoms with Gasteiger partial charge in [0.25, 0.3) is 11.8 Å². The fourth-order valence-electron chi connectivity index (χ4n) is 2.08. The number of hydrogen-bond donors (Lipinski definition) is 0. The molecule has 24 heavy (non-hydrogen) atoms. The number of benzene rings is 1. The van der Waals surface area contributed by atoms with Crippen molar-refractivity contribution in [2.24, 2.45) is 0 Å². The Hall–Kier alpha value is -2.42. The lowest BCUT2D eigenvalue weighted by atomic mass is 10.1. The van der Waals surface area contributed by atoms with E-state index in [9.17, 15) is 27.6 Å². The Morgan fingerprint density at radius 2 is 1.71 bits per heavy atom. The largest absolute Gasteiger partial charge is 0.462 e. The summed E-state index contributed by atoms with van der Waals surface area (Å²) < 4.78 is 45.1. The highest BCUT2D eigenvalue weighted by atomic mass is 19.4. The highest BCUT2D eigenvalue weighted by Gasteiger charge is 2.35. The van der Waals surface area contributed by atoms with Crippen LogP contribution in [0.5, 0.6) is 0 Å². The van der Waals surface area contributed by atoms with Crippen LogP contribution in [0.1, 0.15) is 27.6 Å². The number of rotatable bonds is 6. The predicted molar refractivity (Wildman–Crippen MR) is 74.2 cm³/mol. The number of alkyl halides is 3. The molecular formula is C15H14F3NO5. The minimum absolute atomic E-state index is 0.190. The van der Waals surface area contributed by atoms with Gasteiger partial charge in [0.1, 0.15) is 13.2 Å². The molecule has 1 aliphatic heterocycles. The highest BCUT2D eigenvalue weighted by molar-refractivity contribution is 6.21. The molecule has 1 atom stereocenters. The summed E-state index contributed by atoms with van der Waals surface area (Å²) in [5.74, 6) is -2.02. The van der Waals surface area contributed by atoms with Crippen LogP contribution in [-0.2, 0) is 14.3 Å². The van der Waals surface area contributed by atoms with Crippen LogP contribution in [0.25, 0.3) is 0 Å². The topological polar surface area (TPSA) is 72.9 Å². The molecule has 2 rings (SSSR count). The van der Waals surface area contributed by atoms with Gasteiger partial charge in [-0.1, -0.05) is 12.1 Å². The van der Waals surface area contributed by atoms with Crippen molar-refractivity contribution >= 4 is 17.8 Å². The zero-order chi connectivity index (χ0) is 17.9. The minimum atomic E-state index is -4.55. The summed E-state index contributed by atoms with van der Waals surface area (Å²) in [6.07, 6.45) is -5.96. The van der Waals surface area contributed by atoms with Crippen molar-refractivity contribution in [1.29, 1.82) is 0 Å². The molecule has 1 aliphatic rings. The van der Waals surface area contributed by atoms with Gasteiger partial charge >= 0.3 is 12.1 Å². The number of ether oxygens (including phenoxy) is 2. The number of hydrogen-bond acceptors (Lipinski definition) is 5. The molecule has 0 radical (unpaired) electrons. The van der Waals surface area contributed by atoms with E-state index < -0.39 is 36.7 Å². The molecule has 0 N–H and O–H groups in total. The fourth-order valence-corrected chi connectivity index (χ4v) is 2.08. The third-order valence-corrected chi connectivity index (χ3v) is 3.27. The summed E-state index contributed by atoms with van der Waals surface area (Å²) >= 11 is 0. The first kappa shape index (κ1) is 17.9. The van der Waals surface area contributed by atoms with E-state index in [0.717, 1.165) is 11.8 Å². The minimum Gasteiger partial charge on any atom is -0.462 e. The molecular weight excluding hydrogens is 331 g/mol. The van der Waals surface area contributed by atoms with Crippen LogP contribution in [0, 0.1) is 0 Å². The van der Waals surface area contributed by atoms with Crippen molar-refractivity contribution in [2.45, 2.75) is 19.2 Å². The lowest BCUT2D eigenvalue weighted by Gasteiger charge is -2.16. The molecule has 2 amide bonds. The smallest absolute Gasteiger partial charge is 0.411 e. The number of carbonyl (C=O) groups is 3. The summed E-state index contributed by atoms with van der Waals surface area (Å²) in [5, 5.41) is 0. The highest BCUT2D eigenvalue weighted by Crippen LogP contribution is 2.22. The lowest BCUT2D eigenvalue weighted by Crippen LogP contribution is -2.35. The van der Waals surface area contributed by atoms with E-state index >= 15 is 0 Å². The quantitative estimate of drug-likeness (QED) is 0.581. The summed E-state index contributed by atoms with van der Waals surface area (Å²) in [4.78, 5) is 36.5. The zero-order valence-corrected chi connectivity index (χ0v) is 12.6. The van der Waals surface area contributed by atoms with Gasteiger partial charge in [0.15, 0.2) is 6.10 Å². The van der Waals surface area contributed by atoms with E-state index in [2.05, 4.69) is 4.74 Å². The van der Waals surface area contributed by atoms with Crippen molar-refractivity contribution < 1.29 is 37.0 Å². The molecule has 1 unspecified atom stereocenters. The van der Waals surface area contributed by atoms with Crippen molar-refractivity contribution in [3.05, 3.63) is 35.4 Å². The van der Waals surface area contributed by atoms with Crippen molar-refractivity contribution in [3.63, 3.8) is 0 Å². The molecule has 1 heterocycles.